The Hall–Kier alpha value is -1.20. The molecule has 1 aliphatic rings. The third kappa shape index (κ3) is 1.79. The van der Waals surface area contributed by atoms with Crippen molar-refractivity contribution in [1.29, 1.82) is 0 Å². The van der Waals surface area contributed by atoms with Gasteiger partial charge in [0.1, 0.15) is 0 Å². The highest BCUT2D eigenvalue weighted by atomic mass is 79.9. The van der Waals surface area contributed by atoms with Crippen LogP contribution in [0, 0.1) is 0 Å². The summed E-state index contributed by atoms with van der Waals surface area (Å²) in [6, 6.07) is 3.90. The van der Waals surface area contributed by atoms with E-state index in [4.69, 9.17) is 11.6 Å². The average Bonchev–Trinajstić information content (AvgIpc) is 2.66. The Morgan fingerprint density at radius 1 is 1.41 bits per heavy atom. The summed E-state index contributed by atoms with van der Waals surface area (Å²) >= 11 is 9.54. The number of fused-ring (bicyclic) bond motifs is 3. The SMILES string of the molecule is C=C1Cc2cc(Cl)c(Br)cc2-c2nnnn2C1. The van der Waals surface area contributed by atoms with E-state index in [1.165, 1.54) is 0 Å². The summed E-state index contributed by atoms with van der Waals surface area (Å²) in [6.45, 7) is 4.68. The maximum absolute atomic E-state index is 6.11. The molecule has 17 heavy (non-hydrogen) atoms. The van der Waals surface area contributed by atoms with Crippen LogP contribution in [-0.4, -0.2) is 20.2 Å². The minimum Gasteiger partial charge on any atom is -0.221 e. The summed E-state index contributed by atoms with van der Waals surface area (Å²) in [7, 11) is 0. The van der Waals surface area contributed by atoms with E-state index in [-0.39, 0.29) is 0 Å². The number of halogens is 2. The molecule has 0 unspecified atom stereocenters. The van der Waals surface area contributed by atoms with Crippen LogP contribution >= 0.6 is 27.5 Å². The van der Waals surface area contributed by atoms with Crippen LogP contribution in [0.3, 0.4) is 0 Å². The number of hydrogen-bond acceptors (Lipinski definition) is 3. The van der Waals surface area contributed by atoms with E-state index < -0.39 is 0 Å². The molecule has 86 valence electrons. The van der Waals surface area contributed by atoms with Crippen LogP contribution in [0.5, 0.6) is 0 Å². The van der Waals surface area contributed by atoms with Crippen molar-refractivity contribution < 1.29 is 0 Å². The van der Waals surface area contributed by atoms with Crippen LogP contribution < -0.4 is 0 Å². The normalized spacial score (nSPS) is 14.1. The monoisotopic (exact) mass is 310 g/mol. The molecule has 0 atom stereocenters. The Kier molecular flexibility index (Phi) is 2.52. The molecular weight excluding hydrogens is 304 g/mol. The topological polar surface area (TPSA) is 43.6 Å². The van der Waals surface area contributed by atoms with Crippen molar-refractivity contribution in [3.05, 3.63) is 39.3 Å². The molecule has 0 radical (unpaired) electrons. The molecule has 2 aromatic rings. The predicted molar refractivity (Wildman–Crippen MR) is 68.8 cm³/mol. The lowest BCUT2D eigenvalue weighted by Crippen LogP contribution is -2.02. The molecule has 0 saturated heterocycles. The molecule has 1 aromatic heterocycles. The molecule has 0 bridgehead atoms. The van der Waals surface area contributed by atoms with E-state index in [2.05, 4.69) is 38.0 Å². The van der Waals surface area contributed by atoms with Crippen molar-refractivity contribution in [3.63, 3.8) is 0 Å². The highest BCUT2D eigenvalue weighted by Crippen LogP contribution is 2.34. The van der Waals surface area contributed by atoms with E-state index in [9.17, 15) is 0 Å². The average molecular weight is 312 g/mol. The van der Waals surface area contributed by atoms with Crippen molar-refractivity contribution in [3.8, 4) is 11.4 Å². The fourth-order valence-electron chi connectivity index (χ4n) is 1.98. The summed E-state index contributed by atoms with van der Waals surface area (Å²) in [4.78, 5) is 0. The van der Waals surface area contributed by atoms with E-state index in [0.29, 0.717) is 11.6 Å². The molecule has 1 aliphatic heterocycles. The zero-order valence-corrected chi connectivity index (χ0v) is 11.2. The lowest BCUT2D eigenvalue weighted by atomic mass is 10.0. The second-order valence-corrected chi connectivity index (χ2v) is 5.27. The Morgan fingerprint density at radius 3 is 3.06 bits per heavy atom. The van der Waals surface area contributed by atoms with Crippen LogP contribution in [0.25, 0.3) is 11.4 Å². The highest BCUT2D eigenvalue weighted by Gasteiger charge is 2.20. The second kappa shape index (κ2) is 3.92. The highest BCUT2D eigenvalue weighted by molar-refractivity contribution is 9.10. The van der Waals surface area contributed by atoms with Gasteiger partial charge in [-0.05, 0) is 50.5 Å². The molecule has 0 spiro atoms. The zero-order valence-electron chi connectivity index (χ0n) is 8.82. The molecule has 0 amide bonds. The number of tetrazole rings is 1. The van der Waals surface area contributed by atoms with Crippen molar-refractivity contribution >= 4 is 27.5 Å². The summed E-state index contributed by atoms with van der Waals surface area (Å²) in [5.74, 6) is 0.760. The van der Waals surface area contributed by atoms with Gasteiger partial charge in [-0.15, -0.1) is 5.10 Å². The Bertz CT molecular complexity index is 620. The lowest BCUT2D eigenvalue weighted by molar-refractivity contribution is 0.644. The van der Waals surface area contributed by atoms with Crippen LogP contribution in [0.2, 0.25) is 5.02 Å². The van der Waals surface area contributed by atoms with E-state index in [1.54, 1.807) is 4.68 Å². The van der Waals surface area contributed by atoms with Crippen LogP contribution in [0.4, 0.5) is 0 Å². The molecule has 3 rings (SSSR count). The van der Waals surface area contributed by atoms with E-state index in [1.807, 2.05) is 12.1 Å². The van der Waals surface area contributed by atoms with Gasteiger partial charge in [0.05, 0.1) is 11.6 Å². The molecule has 0 N–H and O–H groups in total. The number of hydrogen-bond donors (Lipinski definition) is 0. The van der Waals surface area contributed by atoms with E-state index >= 15 is 0 Å². The predicted octanol–water partition coefficient (Wildman–Crippen LogP) is 2.87. The lowest BCUT2D eigenvalue weighted by Gasteiger charge is -2.06. The number of benzene rings is 1. The number of aromatic nitrogens is 4. The number of allylic oxidation sites excluding steroid dienone is 1. The fourth-order valence-corrected chi connectivity index (χ4v) is 2.51. The molecule has 2 heterocycles. The molecule has 4 nitrogen and oxygen atoms in total. The van der Waals surface area contributed by atoms with Crippen molar-refractivity contribution in [2.45, 2.75) is 13.0 Å². The second-order valence-electron chi connectivity index (χ2n) is 4.01. The van der Waals surface area contributed by atoms with Crippen LogP contribution in [0.15, 0.2) is 28.8 Å². The third-order valence-electron chi connectivity index (χ3n) is 2.73. The van der Waals surface area contributed by atoms with Gasteiger partial charge in [0.2, 0.25) is 0 Å². The first-order valence-corrected chi connectivity index (χ1v) is 6.23. The van der Waals surface area contributed by atoms with Crippen LogP contribution in [-0.2, 0) is 13.0 Å². The Balaban J connectivity index is 2.30. The van der Waals surface area contributed by atoms with Gasteiger partial charge in [-0.2, -0.15) is 0 Å². The van der Waals surface area contributed by atoms with Gasteiger partial charge in [-0.3, -0.25) is 0 Å². The third-order valence-corrected chi connectivity index (χ3v) is 3.93. The Morgan fingerprint density at radius 2 is 2.24 bits per heavy atom. The number of rotatable bonds is 0. The van der Waals surface area contributed by atoms with Gasteiger partial charge in [0.25, 0.3) is 0 Å². The minimum atomic E-state index is 0.645. The maximum Gasteiger partial charge on any atom is 0.182 e. The van der Waals surface area contributed by atoms with Crippen molar-refractivity contribution in [1.82, 2.24) is 20.2 Å². The molecular formula is C11H8BrClN4. The largest absolute Gasteiger partial charge is 0.221 e. The summed E-state index contributed by atoms with van der Waals surface area (Å²) < 4.78 is 2.61. The molecule has 6 heteroatoms. The standard InChI is InChI=1S/C11H8BrClN4/c1-6-2-7-3-10(13)9(12)4-8(7)11-14-15-16-17(11)5-6/h3-4H,1-2,5H2. The summed E-state index contributed by atoms with van der Waals surface area (Å²) in [5, 5.41) is 12.4. The maximum atomic E-state index is 6.11. The quantitative estimate of drug-likeness (QED) is 0.703. The van der Waals surface area contributed by atoms with Crippen LogP contribution in [0.1, 0.15) is 5.56 Å². The zero-order chi connectivity index (χ0) is 12.0. The van der Waals surface area contributed by atoms with Gasteiger partial charge < -0.3 is 0 Å². The molecule has 0 fully saturated rings. The van der Waals surface area contributed by atoms with Gasteiger partial charge in [0, 0.05) is 10.0 Å². The summed E-state index contributed by atoms with van der Waals surface area (Å²) in [5.41, 5.74) is 3.18. The van der Waals surface area contributed by atoms with Crippen molar-refractivity contribution in [2.24, 2.45) is 0 Å². The first kappa shape index (κ1) is 10.9. The molecule has 0 saturated carbocycles. The smallest absolute Gasteiger partial charge is 0.182 e. The van der Waals surface area contributed by atoms with Gasteiger partial charge >= 0.3 is 0 Å². The molecule has 1 aromatic carbocycles. The van der Waals surface area contributed by atoms with E-state index in [0.717, 1.165) is 33.4 Å². The first-order valence-electron chi connectivity index (χ1n) is 5.06. The van der Waals surface area contributed by atoms with Gasteiger partial charge in [0.15, 0.2) is 5.82 Å². The number of nitrogens with zero attached hydrogens (tertiary/aromatic N) is 4. The Labute approximate surface area is 111 Å². The molecule has 0 aliphatic carbocycles. The minimum absolute atomic E-state index is 0.645. The van der Waals surface area contributed by atoms with Gasteiger partial charge in [-0.1, -0.05) is 23.8 Å². The fraction of sp³-hybridized carbons (Fsp3) is 0.182. The summed E-state index contributed by atoms with van der Waals surface area (Å²) in [6.07, 6.45) is 0.785. The van der Waals surface area contributed by atoms with Crippen molar-refractivity contribution in [2.75, 3.05) is 0 Å². The first-order chi connectivity index (χ1) is 8.15. The van der Waals surface area contributed by atoms with Gasteiger partial charge in [-0.25, -0.2) is 4.68 Å².